The molecule has 0 atom stereocenters. The number of nitro benzene ring substituents is 1. The molecule has 2 aromatic carbocycles. The number of carbonyl (C=O) groups excluding carboxylic acids is 1. The number of aromatic nitrogens is 1. The summed E-state index contributed by atoms with van der Waals surface area (Å²) in [5.41, 5.74) is 1.71. The van der Waals surface area contributed by atoms with Gasteiger partial charge in [-0.05, 0) is 19.1 Å². The van der Waals surface area contributed by atoms with Crippen molar-refractivity contribution in [2.45, 2.75) is 13.5 Å². The van der Waals surface area contributed by atoms with E-state index in [9.17, 15) is 14.9 Å². The fourth-order valence-corrected chi connectivity index (χ4v) is 2.71. The van der Waals surface area contributed by atoms with Gasteiger partial charge in [-0.25, -0.2) is 0 Å². The van der Waals surface area contributed by atoms with Crippen LogP contribution in [0.3, 0.4) is 0 Å². The number of hydrogen-bond acceptors (Lipinski definition) is 6. The van der Waals surface area contributed by atoms with Crippen LogP contribution in [-0.4, -0.2) is 22.9 Å². The standard InChI is InChI=1S/C19H17N3O4/c1-13-10-16(20-26-13)12-21(2)17-9-8-15(11-18(17)22(24)25)19(23)14-6-4-3-5-7-14/h3-11H,12H2,1-2H3. The Labute approximate surface area is 150 Å². The lowest BCUT2D eigenvalue weighted by Crippen LogP contribution is -2.18. The zero-order chi connectivity index (χ0) is 18.7. The molecule has 0 unspecified atom stereocenters. The maximum Gasteiger partial charge on any atom is 0.293 e. The fourth-order valence-electron chi connectivity index (χ4n) is 2.71. The van der Waals surface area contributed by atoms with Crippen molar-refractivity contribution in [3.8, 4) is 0 Å². The number of aryl methyl sites for hydroxylation is 1. The van der Waals surface area contributed by atoms with E-state index in [1.54, 1.807) is 61.3 Å². The largest absolute Gasteiger partial charge is 0.363 e. The van der Waals surface area contributed by atoms with Gasteiger partial charge in [0.2, 0.25) is 0 Å². The Hall–Kier alpha value is -3.48. The van der Waals surface area contributed by atoms with Crippen molar-refractivity contribution in [3.05, 3.63) is 87.3 Å². The van der Waals surface area contributed by atoms with E-state index in [0.717, 1.165) is 0 Å². The molecule has 0 spiro atoms. The topological polar surface area (TPSA) is 89.5 Å². The highest BCUT2D eigenvalue weighted by Gasteiger charge is 2.21. The van der Waals surface area contributed by atoms with E-state index in [-0.39, 0.29) is 17.0 Å². The Kier molecular flexibility index (Phi) is 4.79. The molecule has 7 nitrogen and oxygen atoms in total. The van der Waals surface area contributed by atoms with Gasteiger partial charge in [-0.3, -0.25) is 14.9 Å². The first kappa shape index (κ1) is 17.3. The highest BCUT2D eigenvalue weighted by molar-refractivity contribution is 6.09. The summed E-state index contributed by atoms with van der Waals surface area (Å²) < 4.78 is 5.02. The Morgan fingerprint density at radius 3 is 2.50 bits per heavy atom. The van der Waals surface area contributed by atoms with Crippen LogP contribution in [0.25, 0.3) is 0 Å². The van der Waals surface area contributed by atoms with Crippen molar-refractivity contribution in [3.63, 3.8) is 0 Å². The van der Waals surface area contributed by atoms with Crippen LogP contribution in [0, 0.1) is 17.0 Å². The van der Waals surface area contributed by atoms with Crippen LogP contribution in [0.4, 0.5) is 11.4 Å². The molecule has 0 aliphatic carbocycles. The second-order valence-electron chi connectivity index (χ2n) is 5.94. The zero-order valence-corrected chi connectivity index (χ0v) is 14.4. The van der Waals surface area contributed by atoms with Crippen LogP contribution in [0.1, 0.15) is 27.4 Å². The number of rotatable bonds is 6. The van der Waals surface area contributed by atoms with Crippen LogP contribution >= 0.6 is 0 Å². The summed E-state index contributed by atoms with van der Waals surface area (Å²) in [6.45, 7) is 2.13. The van der Waals surface area contributed by atoms with Crippen molar-refractivity contribution >= 4 is 17.2 Å². The summed E-state index contributed by atoms with van der Waals surface area (Å²) in [6, 6.07) is 15.0. The van der Waals surface area contributed by atoms with E-state index in [1.807, 2.05) is 6.07 Å². The minimum Gasteiger partial charge on any atom is -0.363 e. The van der Waals surface area contributed by atoms with Gasteiger partial charge >= 0.3 is 0 Å². The summed E-state index contributed by atoms with van der Waals surface area (Å²) >= 11 is 0. The number of hydrogen-bond donors (Lipinski definition) is 0. The number of nitrogens with zero attached hydrogens (tertiary/aromatic N) is 3. The van der Waals surface area contributed by atoms with Gasteiger partial charge in [0.25, 0.3) is 5.69 Å². The molecule has 0 amide bonds. The van der Waals surface area contributed by atoms with Gasteiger partial charge in [-0.1, -0.05) is 35.5 Å². The van der Waals surface area contributed by atoms with E-state index in [0.29, 0.717) is 29.2 Å². The normalized spacial score (nSPS) is 10.5. The number of ketones is 1. The predicted molar refractivity (Wildman–Crippen MR) is 96.3 cm³/mol. The quantitative estimate of drug-likeness (QED) is 0.382. The van der Waals surface area contributed by atoms with Crippen LogP contribution in [0.5, 0.6) is 0 Å². The van der Waals surface area contributed by atoms with E-state index in [2.05, 4.69) is 5.16 Å². The molecule has 26 heavy (non-hydrogen) atoms. The molecule has 7 heteroatoms. The van der Waals surface area contributed by atoms with Gasteiger partial charge in [0.1, 0.15) is 17.1 Å². The van der Waals surface area contributed by atoms with Crippen LogP contribution in [0.2, 0.25) is 0 Å². The van der Waals surface area contributed by atoms with Gasteiger partial charge in [0.05, 0.1) is 11.5 Å². The van der Waals surface area contributed by atoms with Crippen molar-refractivity contribution in [2.75, 3.05) is 11.9 Å². The second kappa shape index (κ2) is 7.18. The Bertz CT molecular complexity index is 950. The molecule has 3 rings (SSSR count). The summed E-state index contributed by atoms with van der Waals surface area (Å²) in [7, 11) is 1.73. The lowest BCUT2D eigenvalue weighted by Gasteiger charge is -2.18. The molecule has 0 bridgehead atoms. The fraction of sp³-hybridized carbons (Fsp3) is 0.158. The lowest BCUT2D eigenvalue weighted by molar-refractivity contribution is -0.384. The third kappa shape index (κ3) is 3.61. The molecule has 0 aliphatic heterocycles. The second-order valence-corrected chi connectivity index (χ2v) is 5.94. The van der Waals surface area contributed by atoms with Crippen LogP contribution < -0.4 is 4.90 Å². The van der Waals surface area contributed by atoms with E-state index in [1.165, 1.54) is 6.07 Å². The van der Waals surface area contributed by atoms with Crippen LogP contribution in [0.15, 0.2) is 59.1 Å². The Balaban J connectivity index is 1.92. The molecule has 3 aromatic rings. The first-order valence-corrected chi connectivity index (χ1v) is 7.97. The third-order valence-electron chi connectivity index (χ3n) is 3.96. The smallest absolute Gasteiger partial charge is 0.293 e. The molecule has 0 N–H and O–H groups in total. The molecule has 1 aromatic heterocycles. The first-order valence-electron chi connectivity index (χ1n) is 7.97. The number of benzene rings is 2. The van der Waals surface area contributed by atoms with E-state index < -0.39 is 4.92 Å². The highest BCUT2D eigenvalue weighted by atomic mass is 16.6. The zero-order valence-electron chi connectivity index (χ0n) is 14.4. The highest BCUT2D eigenvalue weighted by Crippen LogP contribution is 2.30. The van der Waals surface area contributed by atoms with Gasteiger partial charge in [-0.2, -0.15) is 0 Å². The molecular weight excluding hydrogens is 334 g/mol. The molecule has 1 heterocycles. The number of carbonyl (C=O) groups is 1. The average molecular weight is 351 g/mol. The SMILES string of the molecule is Cc1cc(CN(C)c2ccc(C(=O)c3ccccc3)cc2[N+](=O)[O-])no1. The van der Waals surface area contributed by atoms with Gasteiger partial charge in [0, 0.05) is 30.3 Å². The monoisotopic (exact) mass is 351 g/mol. The summed E-state index contributed by atoms with van der Waals surface area (Å²) in [5.74, 6) is 0.418. The molecule has 0 radical (unpaired) electrons. The Morgan fingerprint density at radius 1 is 1.15 bits per heavy atom. The predicted octanol–water partition coefficient (Wildman–Crippen LogP) is 3.76. The Morgan fingerprint density at radius 2 is 1.88 bits per heavy atom. The lowest BCUT2D eigenvalue weighted by atomic mass is 10.0. The minimum atomic E-state index is -0.484. The molecule has 0 saturated carbocycles. The molecule has 132 valence electrons. The molecular formula is C19H17N3O4. The first-order chi connectivity index (χ1) is 12.5. The van der Waals surface area contributed by atoms with E-state index in [4.69, 9.17) is 4.52 Å². The summed E-state index contributed by atoms with van der Waals surface area (Å²) in [4.78, 5) is 25.3. The number of nitro groups is 1. The molecule has 0 aliphatic rings. The molecule has 0 fully saturated rings. The van der Waals surface area contributed by atoms with Crippen molar-refractivity contribution in [2.24, 2.45) is 0 Å². The van der Waals surface area contributed by atoms with Crippen LogP contribution in [-0.2, 0) is 6.54 Å². The molecule has 0 saturated heterocycles. The third-order valence-corrected chi connectivity index (χ3v) is 3.96. The summed E-state index contributed by atoms with van der Waals surface area (Å²) in [5, 5.41) is 15.4. The maximum atomic E-state index is 12.5. The van der Waals surface area contributed by atoms with Crippen molar-refractivity contribution in [1.82, 2.24) is 5.16 Å². The summed E-state index contributed by atoms with van der Waals surface area (Å²) in [6.07, 6.45) is 0. The van der Waals surface area contributed by atoms with Crippen molar-refractivity contribution in [1.29, 1.82) is 0 Å². The minimum absolute atomic E-state index is 0.130. The van der Waals surface area contributed by atoms with Gasteiger partial charge in [-0.15, -0.1) is 0 Å². The average Bonchev–Trinajstić information content (AvgIpc) is 3.06. The van der Waals surface area contributed by atoms with Gasteiger partial charge < -0.3 is 9.42 Å². The van der Waals surface area contributed by atoms with E-state index >= 15 is 0 Å². The number of anilines is 1. The van der Waals surface area contributed by atoms with Crippen molar-refractivity contribution < 1.29 is 14.2 Å². The van der Waals surface area contributed by atoms with Gasteiger partial charge in [0.15, 0.2) is 5.78 Å². The maximum absolute atomic E-state index is 12.5.